The molecular formula is C17H24NO4+. The van der Waals surface area contributed by atoms with Crippen molar-refractivity contribution in [3.8, 4) is 0 Å². The molecule has 0 bridgehead atoms. The topological polar surface area (TPSA) is 63.6 Å². The molecule has 0 aliphatic heterocycles. The number of carbonyl (C=O) groups is 2. The monoisotopic (exact) mass is 306 g/mol. The second-order valence-corrected chi connectivity index (χ2v) is 6.37. The maximum atomic E-state index is 11.9. The van der Waals surface area contributed by atoms with Gasteiger partial charge in [-0.15, -0.1) is 0 Å². The van der Waals surface area contributed by atoms with Gasteiger partial charge in [-0.1, -0.05) is 29.8 Å². The van der Waals surface area contributed by atoms with Gasteiger partial charge >= 0.3 is 11.9 Å². The largest absolute Gasteiger partial charge is 0.481 e. The van der Waals surface area contributed by atoms with E-state index >= 15 is 0 Å². The van der Waals surface area contributed by atoms with Crippen molar-refractivity contribution in [3.63, 3.8) is 0 Å². The number of benzene rings is 1. The molecule has 0 aliphatic rings. The normalized spacial score (nSPS) is 13.1. The molecule has 22 heavy (non-hydrogen) atoms. The Labute approximate surface area is 131 Å². The first kappa shape index (κ1) is 17.9. The molecule has 1 rings (SSSR count). The van der Waals surface area contributed by atoms with Crippen molar-refractivity contribution < 1.29 is 23.9 Å². The number of ether oxygens (including phenoxy) is 1. The Morgan fingerprint density at radius 2 is 1.82 bits per heavy atom. The number of likely N-dealkylation sites (N-methyl/N-ethyl adjacent to an activating group) is 1. The molecule has 1 atom stereocenters. The average Bonchev–Trinajstić information content (AvgIpc) is 2.35. The van der Waals surface area contributed by atoms with Gasteiger partial charge in [0.1, 0.15) is 6.54 Å². The number of quaternary nitrogens is 1. The average molecular weight is 306 g/mol. The van der Waals surface area contributed by atoms with E-state index in [1.165, 1.54) is 6.08 Å². The van der Waals surface area contributed by atoms with Gasteiger partial charge in [-0.2, -0.15) is 0 Å². The highest BCUT2D eigenvalue weighted by molar-refractivity contribution is 5.87. The van der Waals surface area contributed by atoms with Crippen molar-refractivity contribution in [1.29, 1.82) is 0 Å². The van der Waals surface area contributed by atoms with Crippen LogP contribution in [0.1, 0.15) is 17.5 Å². The highest BCUT2D eigenvalue weighted by Gasteiger charge is 2.23. The molecule has 0 heterocycles. The number of aryl methyl sites for hydroxylation is 1. The Hall–Kier alpha value is -2.14. The third-order valence-electron chi connectivity index (χ3n) is 2.93. The fourth-order valence-corrected chi connectivity index (χ4v) is 1.99. The molecule has 0 amide bonds. The van der Waals surface area contributed by atoms with Crippen LogP contribution in [0.25, 0.3) is 6.08 Å². The molecule has 0 fully saturated rings. The van der Waals surface area contributed by atoms with E-state index in [9.17, 15) is 9.59 Å². The zero-order valence-electron chi connectivity index (χ0n) is 13.6. The Bertz CT molecular complexity index is 541. The number of aliphatic carboxylic acids is 1. The summed E-state index contributed by atoms with van der Waals surface area (Å²) in [5.41, 5.74) is 2.04. The first-order valence-corrected chi connectivity index (χ1v) is 7.13. The molecule has 0 saturated heterocycles. The van der Waals surface area contributed by atoms with Gasteiger partial charge in [0.25, 0.3) is 0 Å². The molecule has 120 valence electrons. The van der Waals surface area contributed by atoms with Gasteiger partial charge in [0.15, 0.2) is 6.10 Å². The van der Waals surface area contributed by atoms with Crippen LogP contribution in [0, 0.1) is 6.92 Å². The Morgan fingerprint density at radius 3 is 2.32 bits per heavy atom. The summed E-state index contributed by atoms with van der Waals surface area (Å²) < 4.78 is 5.78. The Balaban J connectivity index is 2.65. The molecule has 0 saturated carbocycles. The summed E-state index contributed by atoms with van der Waals surface area (Å²) in [5, 5.41) is 8.91. The van der Waals surface area contributed by atoms with E-state index in [1.807, 2.05) is 52.3 Å². The van der Waals surface area contributed by atoms with Crippen LogP contribution in [0.5, 0.6) is 0 Å². The molecule has 0 aromatic heterocycles. The standard InChI is InChI=1S/C17H23NO4/c1-13-5-7-14(8-6-13)9-10-17(21)22-15(11-16(19)20)12-18(2,3)4/h5-10,15H,11-12H2,1-4H3/p+1/b10-9+/t15-/m1/s1. The van der Waals surface area contributed by atoms with E-state index in [1.54, 1.807) is 6.08 Å². The zero-order chi connectivity index (χ0) is 16.8. The molecule has 1 aromatic carbocycles. The lowest BCUT2D eigenvalue weighted by molar-refractivity contribution is -0.873. The van der Waals surface area contributed by atoms with Gasteiger partial charge in [-0.05, 0) is 18.6 Å². The lowest BCUT2D eigenvalue weighted by Crippen LogP contribution is -2.43. The van der Waals surface area contributed by atoms with Crippen LogP contribution in [0.4, 0.5) is 0 Å². The van der Waals surface area contributed by atoms with Crippen molar-refractivity contribution in [1.82, 2.24) is 0 Å². The first-order chi connectivity index (χ1) is 10.2. The van der Waals surface area contributed by atoms with E-state index < -0.39 is 18.0 Å². The summed E-state index contributed by atoms with van der Waals surface area (Å²) in [5.74, 6) is -1.51. The number of carboxylic acids is 1. The van der Waals surface area contributed by atoms with Gasteiger partial charge in [0, 0.05) is 6.08 Å². The lowest BCUT2D eigenvalue weighted by atomic mass is 10.1. The van der Waals surface area contributed by atoms with Gasteiger partial charge < -0.3 is 14.3 Å². The highest BCUT2D eigenvalue weighted by atomic mass is 16.5. The molecule has 1 N–H and O–H groups in total. The first-order valence-electron chi connectivity index (χ1n) is 7.13. The van der Waals surface area contributed by atoms with Gasteiger partial charge in [-0.25, -0.2) is 4.79 Å². The van der Waals surface area contributed by atoms with Crippen LogP contribution in [-0.4, -0.2) is 55.3 Å². The number of nitrogens with zero attached hydrogens (tertiary/aromatic N) is 1. The van der Waals surface area contributed by atoms with E-state index in [0.717, 1.165) is 11.1 Å². The van der Waals surface area contributed by atoms with Crippen LogP contribution >= 0.6 is 0 Å². The van der Waals surface area contributed by atoms with Crippen molar-refractivity contribution in [2.45, 2.75) is 19.4 Å². The van der Waals surface area contributed by atoms with Gasteiger partial charge in [-0.3, -0.25) is 4.79 Å². The number of rotatable bonds is 7. The van der Waals surface area contributed by atoms with Crippen LogP contribution in [0.2, 0.25) is 0 Å². The smallest absolute Gasteiger partial charge is 0.331 e. The summed E-state index contributed by atoms with van der Waals surface area (Å²) >= 11 is 0. The zero-order valence-corrected chi connectivity index (χ0v) is 13.6. The lowest BCUT2D eigenvalue weighted by Gasteiger charge is -2.28. The summed E-state index contributed by atoms with van der Waals surface area (Å²) in [6.45, 7) is 2.43. The van der Waals surface area contributed by atoms with E-state index in [-0.39, 0.29) is 6.42 Å². The van der Waals surface area contributed by atoms with Crippen LogP contribution < -0.4 is 0 Å². The van der Waals surface area contributed by atoms with Crippen molar-refractivity contribution >= 4 is 18.0 Å². The van der Waals surface area contributed by atoms with Crippen LogP contribution in [-0.2, 0) is 14.3 Å². The molecule has 0 unspecified atom stereocenters. The number of carbonyl (C=O) groups excluding carboxylic acids is 1. The minimum Gasteiger partial charge on any atom is -0.481 e. The predicted octanol–water partition coefficient (Wildman–Crippen LogP) is 2.10. The SMILES string of the molecule is Cc1ccc(/C=C/C(=O)O[C@H](CC(=O)O)C[N+](C)(C)C)cc1. The summed E-state index contributed by atoms with van der Waals surface area (Å²) in [7, 11) is 5.76. The molecule has 0 radical (unpaired) electrons. The number of hydrogen-bond acceptors (Lipinski definition) is 3. The van der Waals surface area contributed by atoms with E-state index in [4.69, 9.17) is 9.84 Å². The van der Waals surface area contributed by atoms with Crippen molar-refractivity contribution in [3.05, 3.63) is 41.5 Å². The van der Waals surface area contributed by atoms with Gasteiger partial charge in [0.2, 0.25) is 0 Å². The molecule has 0 spiro atoms. The maximum Gasteiger partial charge on any atom is 0.331 e. The van der Waals surface area contributed by atoms with E-state index in [2.05, 4.69) is 0 Å². The molecule has 1 aromatic rings. The minimum absolute atomic E-state index is 0.195. The van der Waals surface area contributed by atoms with E-state index in [0.29, 0.717) is 11.0 Å². The number of esters is 1. The Morgan fingerprint density at radius 1 is 1.23 bits per heavy atom. The molecule has 5 heteroatoms. The fourth-order valence-electron chi connectivity index (χ4n) is 1.99. The summed E-state index contributed by atoms with van der Waals surface area (Å²) in [6, 6.07) is 7.71. The number of carboxylic acid groups (broad SMARTS) is 1. The fraction of sp³-hybridized carbons (Fsp3) is 0.412. The summed E-state index contributed by atoms with van der Waals surface area (Å²) in [6.07, 6.45) is 2.15. The third-order valence-corrected chi connectivity index (χ3v) is 2.93. The second-order valence-electron chi connectivity index (χ2n) is 6.37. The molecule has 0 aliphatic carbocycles. The highest BCUT2D eigenvalue weighted by Crippen LogP contribution is 2.08. The van der Waals surface area contributed by atoms with Gasteiger partial charge in [0.05, 0.1) is 27.6 Å². The molecule has 5 nitrogen and oxygen atoms in total. The quantitative estimate of drug-likeness (QED) is 0.476. The van der Waals surface area contributed by atoms with Crippen LogP contribution in [0.3, 0.4) is 0 Å². The maximum absolute atomic E-state index is 11.9. The summed E-state index contributed by atoms with van der Waals surface area (Å²) in [4.78, 5) is 22.7. The Kier molecular flexibility index (Phi) is 6.31. The van der Waals surface area contributed by atoms with Crippen molar-refractivity contribution in [2.75, 3.05) is 27.7 Å². The van der Waals surface area contributed by atoms with Crippen molar-refractivity contribution in [2.24, 2.45) is 0 Å². The minimum atomic E-state index is -0.978. The second kappa shape index (κ2) is 7.75. The number of hydrogen-bond donors (Lipinski definition) is 1. The predicted molar refractivity (Wildman–Crippen MR) is 85.2 cm³/mol. The third kappa shape index (κ3) is 7.59. The molecular weight excluding hydrogens is 282 g/mol. The van der Waals surface area contributed by atoms with Crippen LogP contribution in [0.15, 0.2) is 30.3 Å².